The lowest BCUT2D eigenvalue weighted by Gasteiger charge is -2.17. The van der Waals surface area contributed by atoms with E-state index in [0.29, 0.717) is 17.1 Å². The van der Waals surface area contributed by atoms with Gasteiger partial charge in [0.25, 0.3) is 0 Å². The Morgan fingerprint density at radius 2 is 1.81 bits per heavy atom. The predicted molar refractivity (Wildman–Crippen MR) is 84.3 cm³/mol. The molecule has 2 aromatic carbocycles. The standard InChI is InChI=1S/C15H14ClN3O2/c1-19(11-5-3-2-4-6-11)15(21)14(20)18-13-8-7-10(17)9-12(13)16/h2-9H,17H2,1H3,(H,18,20). The topological polar surface area (TPSA) is 75.4 Å². The van der Waals surface area contributed by atoms with Gasteiger partial charge in [-0.2, -0.15) is 0 Å². The Balaban J connectivity index is 2.11. The summed E-state index contributed by atoms with van der Waals surface area (Å²) in [4.78, 5) is 25.3. The molecule has 2 amide bonds. The second-order valence-electron chi connectivity index (χ2n) is 4.39. The van der Waals surface area contributed by atoms with E-state index in [4.69, 9.17) is 17.3 Å². The van der Waals surface area contributed by atoms with Gasteiger partial charge in [0.1, 0.15) is 0 Å². The van der Waals surface area contributed by atoms with E-state index in [1.165, 1.54) is 18.0 Å². The summed E-state index contributed by atoms with van der Waals surface area (Å²) in [5.74, 6) is -1.46. The van der Waals surface area contributed by atoms with Crippen molar-refractivity contribution in [3.8, 4) is 0 Å². The van der Waals surface area contributed by atoms with Crippen LogP contribution in [0.4, 0.5) is 17.1 Å². The maximum atomic E-state index is 12.1. The van der Waals surface area contributed by atoms with E-state index in [9.17, 15) is 9.59 Å². The number of benzene rings is 2. The number of nitrogens with two attached hydrogens (primary N) is 1. The summed E-state index contributed by atoms with van der Waals surface area (Å²) in [7, 11) is 1.53. The van der Waals surface area contributed by atoms with Crippen molar-refractivity contribution < 1.29 is 9.59 Å². The molecule has 0 bridgehead atoms. The van der Waals surface area contributed by atoms with Gasteiger partial charge in [0.2, 0.25) is 0 Å². The van der Waals surface area contributed by atoms with E-state index in [1.807, 2.05) is 6.07 Å². The molecule has 6 heteroatoms. The minimum Gasteiger partial charge on any atom is -0.399 e. The van der Waals surface area contributed by atoms with Gasteiger partial charge in [0.15, 0.2) is 0 Å². The molecule has 0 aliphatic carbocycles. The van der Waals surface area contributed by atoms with Crippen LogP contribution in [0.25, 0.3) is 0 Å². The molecule has 0 unspecified atom stereocenters. The summed E-state index contributed by atoms with van der Waals surface area (Å²) < 4.78 is 0. The number of hydrogen-bond donors (Lipinski definition) is 2. The fraction of sp³-hybridized carbons (Fsp3) is 0.0667. The summed E-state index contributed by atoms with van der Waals surface area (Å²) in [5.41, 5.74) is 7.01. The summed E-state index contributed by atoms with van der Waals surface area (Å²) in [5, 5.41) is 2.75. The smallest absolute Gasteiger partial charge is 0.316 e. The second kappa shape index (κ2) is 6.28. The van der Waals surface area contributed by atoms with Crippen LogP contribution < -0.4 is 16.0 Å². The molecule has 0 spiro atoms. The Hall–Kier alpha value is -2.53. The van der Waals surface area contributed by atoms with Gasteiger partial charge in [-0.1, -0.05) is 29.8 Å². The van der Waals surface area contributed by atoms with Gasteiger partial charge in [-0.15, -0.1) is 0 Å². The number of halogens is 1. The largest absolute Gasteiger partial charge is 0.399 e. The first-order valence-electron chi connectivity index (χ1n) is 6.18. The van der Waals surface area contributed by atoms with Crippen molar-refractivity contribution >= 4 is 40.5 Å². The monoisotopic (exact) mass is 303 g/mol. The van der Waals surface area contributed by atoms with E-state index < -0.39 is 11.8 Å². The number of rotatable bonds is 2. The third-order valence-electron chi connectivity index (χ3n) is 2.88. The molecule has 0 saturated heterocycles. The van der Waals surface area contributed by atoms with Gasteiger partial charge in [0, 0.05) is 18.4 Å². The molecular formula is C15H14ClN3O2. The van der Waals surface area contributed by atoms with Gasteiger partial charge in [-0.3, -0.25) is 9.59 Å². The normalized spacial score (nSPS) is 10.0. The lowest BCUT2D eigenvalue weighted by Crippen LogP contribution is -2.37. The minimum absolute atomic E-state index is 0.276. The van der Waals surface area contributed by atoms with Gasteiger partial charge in [-0.25, -0.2) is 0 Å². The number of hydrogen-bond acceptors (Lipinski definition) is 3. The SMILES string of the molecule is CN(C(=O)C(=O)Nc1ccc(N)cc1Cl)c1ccccc1. The molecule has 108 valence electrons. The number of anilines is 3. The van der Waals surface area contributed by atoms with Crippen LogP contribution in [0.2, 0.25) is 5.02 Å². The van der Waals surface area contributed by atoms with Crippen LogP contribution >= 0.6 is 11.6 Å². The van der Waals surface area contributed by atoms with E-state index >= 15 is 0 Å². The molecule has 0 atom stereocenters. The number of carbonyl (C=O) groups is 2. The third kappa shape index (κ3) is 3.52. The molecule has 0 heterocycles. The fourth-order valence-electron chi connectivity index (χ4n) is 1.73. The van der Waals surface area contributed by atoms with E-state index in [0.717, 1.165) is 0 Å². The molecule has 0 fully saturated rings. The van der Waals surface area contributed by atoms with Crippen LogP contribution in [0.1, 0.15) is 0 Å². The van der Waals surface area contributed by atoms with Crippen LogP contribution in [0, 0.1) is 0 Å². The molecule has 0 aliphatic heterocycles. The first kappa shape index (κ1) is 14.9. The van der Waals surface area contributed by atoms with Crippen LogP contribution in [0.15, 0.2) is 48.5 Å². The Labute approximate surface area is 127 Å². The molecule has 3 N–H and O–H groups in total. The number of nitrogen functional groups attached to an aromatic ring is 1. The number of carbonyl (C=O) groups excluding carboxylic acids is 2. The Morgan fingerprint density at radius 3 is 2.43 bits per heavy atom. The highest BCUT2D eigenvalue weighted by molar-refractivity contribution is 6.45. The maximum Gasteiger partial charge on any atom is 0.316 e. The molecule has 0 aliphatic rings. The number of para-hydroxylation sites is 1. The van der Waals surface area contributed by atoms with Crippen LogP contribution in [-0.2, 0) is 9.59 Å². The van der Waals surface area contributed by atoms with Crippen molar-refractivity contribution in [3.63, 3.8) is 0 Å². The average Bonchev–Trinajstić information content (AvgIpc) is 2.49. The highest BCUT2D eigenvalue weighted by atomic mass is 35.5. The summed E-state index contributed by atoms with van der Waals surface area (Å²) in [6.45, 7) is 0. The van der Waals surface area contributed by atoms with Gasteiger partial charge < -0.3 is 16.0 Å². The Morgan fingerprint density at radius 1 is 1.14 bits per heavy atom. The van der Waals surface area contributed by atoms with E-state index in [2.05, 4.69) is 5.32 Å². The van der Waals surface area contributed by atoms with Crippen LogP contribution in [0.3, 0.4) is 0 Å². The van der Waals surface area contributed by atoms with Crippen molar-refractivity contribution in [3.05, 3.63) is 53.6 Å². The first-order chi connectivity index (χ1) is 9.99. The lowest BCUT2D eigenvalue weighted by molar-refractivity contribution is -0.134. The zero-order valence-corrected chi connectivity index (χ0v) is 12.1. The first-order valence-corrected chi connectivity index (χ1v) is 6.56. The van der Waals surface area contributed by atoms with Crippen LogP contribution in [-0.4, -0.2) is 18.9 Å². The quantitative estimate of drug-likeness (QED) is 0.661. The zero-order chi connectivity index (χ0) is 15.4. The number of nitrogens with one attached hydrogen (secondary N) is 1. The zero-order valence-electron chi connectivity index (χ0n) is 11.3. The second-order valence-corrected chi connectivity index (χ2v) is 4.80. The maximum absolute atomic E-state index is 12.1. The van der Waals surface area contributed by atoms with Gasteiger partial charge in [-0.05, 0) is 30.3 Å². The number of nitrogens with zero attached hydrogens (tertiary/aromatic N) is 1. The van der Waals surface area contributed by atoms with Crippen molar-refractivity contribution in [1.82, 2.24) is 0 Å². The molecule has 5 nitrogen and oxygen atoms in total. The molecule has 0 saturated carbocycles. The van der Waals surface area contributed by atoms with Crippen molar-refractivity contribution in [1.29, 1.82) is 0 Å². The molecular weight excluding hydrogens is 290 g/mol. The Bertz CT molecular complexity index is 674. The van der Waals surface area contributed by atoms with Crippen LogP contribution in [0.5, 0.6) is 0 Å². The number of amides is 2. The van der Waals surface area contributed by atoms with Crippen molar-refractivity contribution in [2.45, 2.75) is 0 Å². The third-order valence-corrected chi connectivity index (χ3v) is 3.20. The van der Waals surface area contributed by atoms with Gasteiger partial charge >= 0.3 is 11.8 Å². The molecule has 2 rings (SSSR count). The Kier molecular flexibility index (Phi) is 4.45. The minimum atomic E-state index is -0.770. The van der Waals surface area contributed by atoms with E-state index in [1.54, 1.807) is 36.4 Å². The van der Waals surface area contributed by atoms with Crippen molar-refractivity contribution in [2.75, 3.05) is 23.0 Å². The summed E-state index contributed by atoms with van der Waals surface area (Å²) in [6, 6.07) is 13.5. The highest BCUT2D eigenvalue weighted by Crippen LogP contribution is 2.24. The molecule has 0 radical (unpaired) electrons. The predicted octanol–water partition coefficient (Wildman–Crippen LogP) is 2.52. The summed E-state index contributed by atoms with van der Waals surface area (Å²) >= 11 is 5.96. The highest BCUT2D eigenvalue weighted by Gasteiger charge is 2.20. The molecule has 0 aromatic heterocycles. The van der Waals surface area contributed by atoms with E-state index in [-0.39, 0.29) is 5.02 Å². The lowest BCUT2D eigenvalue weighted by atomic mass is 10.2. The van der Waals surface area contributed by atoms with Gasteiger partial charge in [0.05, 0.1) is 10.7 Å². The summed E-state index contributed by atoms with van der Waals surface area (Å²) in [6.07, 6.45) is 0. The average molecular weight is 304 g/mol. The fourth-order valence-corrected chi connectivity index (χ4v) is 1.97. The molecule has 21 heavy (non-hydrogen) atoms. The molecule has 2 aromatic rings. The number of likely N-dealkylation sites (N-methyl/N-ethyl adjacent to an activating group) is 1. The van der Waals surface area contributed by atoms with Crippen molar-refractivity contribution in [2.24, 2.45) is 0 Å².